The topological polar surface area (TPSA) is 0 Å². The fourth-order valence-electron chi connectivity index (χ4n) is 9.54. The first kappa shape index (κ1) is 18.1. The highest BCUT2D eigenvalue weighted by Crippen LogP contribution is 2.72. The van der Waals surface area contributed by atoms with E-state index in [-0.39, 0.29) is 0 Å². The largest absolute Gasteiger partial charge is 0.0622 e. The molecule has 0 heterocycles. The fourth-order valence-corrected chi connectivity index (χ4v) is 9.54. The van der Waals surface area contributed by atoms with E-state index in [0.717, 1.165) is 41.4 Å². The molecule has 0 saturated heterocycles. The zero-order chi connectivity index (χ0) is 18.3. The van der Waals surface area contributed by atoms with E-state index in [4.69, 9.17) is 0 Å². The average molecular weight is 357 g/mol. The summed E-state index contributed by atoms with van der Waals surface area (Å²) in [5.41, 5.74) is 1.91. The highest BCUT2D eigenvalue weighted by molar-refractivity contribution is 5.13. The van der Waals surface area contributed by atoms with Crippen molar-refractivity contribution in [2.45, 2.75) is 105 Å². The summed E-state index contributed by atoms with van der Waals surface area (Å²) in [6.07, 6.45) is 17.2. The van der Waals surface area contributed by atoms with Gasteiger partial charge in [0.25, 0.3) is 0 Å². The van der Waals surface area contributed by atoms with Crippen LogP contribution in [0.15, 0.2) is 0 Å². The minimum atomic E-state index is 0.587. The molecule has 0 nitrogen and oxygen atoms in total. The quantitative estimate of drug-likeness (QED) is 0.475. The lowest BCUT2D eigenvalue weighted by molar-refractivity contribution is -0.136. The van der Waals surface area contributed by atoms with Crippen LogP contribution in [0.5, 0.6) is 0 Å². The first-order chi connectivity index (χ1) is 12.3. The van der Waals surface area contributed by atoms with E-state index in [0.29, 0.717) is 16.2 Å². The van der Waals surface area contributed by atoms with Gasteiger partial charge in [0.2, 0.25) is 0 Å². The summed E-state index contributed by atoms with van der Waals surface area (Å²) in [5, 5.41) is 0. The van der Waals surface area contributed by atoms with Gasteiger partial charge in [0.15, 0.2) is 0 Å². The molecule has 0 radical (unpaired) electrons. The molecule has 26 heavy (non-hydrogen) atoms. The smallest absolute Gasteiger partial charge is 0.0238 e. The molecule has 0 N–H and O–H groups in total. The van der Waals surface area contributed by atoms with Crippen LogP contribution in [0, 0.1) is 57.7 Å². The first-order valence-corrected chi connectivity index (χ1v) is 12.3. The maximum absolute atomic E-state index is 2.76. The van der Waals surface area contributed by atoms with Crippen molar-refractivity contribution < 1.29 is 0 Å². The summed E-state index contributed by atoms with van der Waals surface area (Å²) >= 11 is 0. The summed E-state index contributed by atoms with van der Waals surface area (Å²) in [7, 11) is 0. The van der Waals surface area contributed by atoms with E-state index in [1.165, 1.54) is 19.3 Å². The third kappa shape index (κ3) is 2.26. The van der Waals surface area contributed by atoms with Crippen LogP contribution in [0.2, 0.25) is 0 Å². The molecule has 8 atom stereocenters. The van der Waals surface area contributed by atoms with E-state index < -0.39 is 0 Å². The lowest BCUT2D eigenvalue weighted by atomic mass is 9.42. The van der Waals surface area contributed by atoms with Crippen LogP contribution in [0.3, 0.4) is 0 Å². The maximum atomic E-state index is 2.76. The second-order valence-electron chi connectivity index (χ2n) is 12.6. The lowest BCUT2D eigenvalue weighted by Gasteiger charge is -2.63. The molecule has 0 aromatic heterocycles. The van der Waals surface area contributed by atoms with Crippen molar-refractivity contribution in [2.24, 2.45) is 57.7 Å². The Bertz CT molecular complexity index is 558. The van der Waals surface area contributed by atoms with Crippen molar-refractivity contribution in [3.8, 4) is 0 Å². The van der Waals surface area contributed by atoms with E-state index in [1.54, 1.807) is 51.4 Å². The van der Waals surface area contributed by atoms with Crippen LogP contribution in [0.4, 0.5) is 0 Å². The zero-order valence-corrected chi connectivity index (χ0v) is 18.3. The van der Waals surface area contributed by atoms with Gasteiger partial charge in [-0.1, -0.05) is 34.6 Å². The van der Waals surface area contributed by atoms with Gasteiger partial charge < -0.3 is 0 Å². The third-order valence-corrected chi connectivity index (χ3v) is 11.9. The standard InChI is InChI=1S/C26H44/c1-17(2)25(4)14-12-23-21-9-8-20-16-19(18-6-7-18)10-13-24(20,3)22(21)11-15-26(23,25)5/h17-23H,6-16H2,1-5H3/t19?,20?,21?,22?,23?,24?,25-,26?/m0/s1. The van der Waals surface area contributed by atoms with E-state index in [9.17, 15) is 0 Å². The van der Waals surface area contributed by atoms with E-state index >= 15 is 0 Å². The van der Waals surface area contributed by atoms with Gasteiger partial charge in [-0.25, -0.2) is 0 Å². The van der Waals surface area contributed by atoms with Gasteiger partial charge >= 0.3 is 0 Å². The lowest BCUT2D eigenvalue weighted by Crippen LogP contribution is -2.55. The predicted molar refractivity (Wildman–Crippen MR) is 111 cm³/mol. The van der Waals surface area contributed by atoms with Gasteiger partial charge in [-0.05, 0) is 128 Å². The van der Waals surface area contributed by atoms with Gasteiger partial charge in [0.1, 0.15) is 0 Å². The summed E-state index contributed by atoms with van der Waals surface area (Å²) in [6.45, 7) is 13.2. The molecular weight excluding hydrogens is 312 g/mol. The summed E-state index contributed by atoms with van der Waals surface area (Å²) in [5.74, 6) is 7.35. The van der Waals surface area contributed by atoms with Gasteiger partial charge in [-0.2, -0.15) is 0 Å². The summed E-state index contributed by atoms with van der Waals surface area (Å²) in [6, 6.07) is 0. The molecule has 5 fully saturated rings. The average Bonchev–Trinajstić information content (AvgIpc) is 3.40. The highest BCUT2D eigenvalue weighted by Gasteiger charge is 2.64. The molecule has 0 aromatic carbocycles. The van der Waals surface area contributed by atoms with Crippen molar-refractivity contribution in [2.75, 3.05) is 0 Å². The molecule has 0 heteroatoms. The second kappa shape index (κ2) is 5.76. The molecular formula is C26H44. The monoisotopic (exact) mass is 356 g/mol. The van der Waals surface area contributed by atoms with Crippen LogP contribution in [-0.4, -0.2) is 0 Å². The van der Waals surface area contributed by atoms with Crippen molar-refractivity contribution >= 4 is 0 Å². The highest BCUT2D eigenvalue weighted by atomic mass is 14.7. The summed E-state index contributed by atoms with van der Waals surface area (Å²) < 4.78 is 0. The molecule has 7 unspecified atom stereocenters. The Hall–Kier alpha value is 0. The minimum Gasteiger partial charge on any atom is -0.0622 e. The molecule has 0 spiro atoms. The van der Waals surface area contributed by atoms with Crippen molar-refractivity contribution in [1.29, 1.82) is 0 Å². The summed E-state index contributed by atoms with van der Waals surface area (Å²) in [4.78, 5) is 0. The van der Waals surface area contributed by atoms with Crippen LogP contribution in [0.1, 0.15) is 105 Å². The maximum Gasteiger partial charge on any atom is -0.0238 e. The number of hydrogen-bond donors (Lipinski definition) is 0. The number of rotatable bonds is 2. The van der Waals surface area contributed by atoms with Crippen LogP contribution < -0.4 is 0 Å². The Morgan fingerprint density at radius 1 is 0.692 bits per heavy atom. The fraction of sp³-hybridized carbons (Fsp3) is 1.00. The Morgan fingerprint density at radius 2 is 1.42 bits per heavy atom. The van der Waals surface area contributed by atoms with Crippen LogP contribution >= 0.6 is 0 Å². The Morgan fingerprint density at radius 3 is 2.12 bits per heavy atom. The molecule has 5 aliphatic rings. The number of fused-ring (bicyclic) bond motifs is 5. The molecule has 0 bridgehead atoms. The molecule has 5 aliphatic carbocycles. The van der Waals surface area contributed by atoms with E-state index in [1.807, 2.05) is 0 Å². The van der Waals surface area contributed by atoms with Crippen LogP contribution in [0.25, 0.3) is 0 Å². The molecule has 0 aliphatic heterocycles. The zero-order valence-electron chi connectivity index (χ0n) is 18.3. The second-order valence-corrected chi connectivity index (χ2v) is 12.6. The Balaban J connectivity index is 1.40. The van der Waals surface area contributed by atoms with E-state index in [2.05, 4.69) is 34.6 Å². The SMILES string of the molecule is CC(C)[C@]1(C)CCC2C3CCC4CC(C5CC5)CCC4(C)C3CCC21C. The molecule has 148 valence electrons. The van der Waals surface area contributed by atoms with Crippen molar-refractivity contribution in [3.63, 3.8) is 0 Å². The van der Waals surface area contributed by atoms with Crippen LogP contribution in [-0.2, 0) is 0 Å². The third-order valence-electron chi connectivity index (χ3n) is 11.9. The molecule has 5 saturated carbocycles. The predicted octanol–water partition coefficient (Wildman–Crippen LogP) is 7.72. The van der Waals surface area contributed by atoms with Gasteiger partial charge in [0, 0.05) is 0 Å². The molecule has 5 rings (SSSR count). The van der Waals surface area contributed by atoms with Gasteiger partial charge in [-0.3, -0.25) is 0 Å². The van der Waals surface area contributed by atoms with Gasteiger partial charge in [0.05, 0.1) is 0 Å². The number of hydrogen-bond acceptors (Lipinski definition) is 0. The molecule has 0 amide bonds. The molecule has 0 aromatic rings. The van der Waals surface area contributed by atoms with Crippen molar-refractivity contribution in [3.05, 3.63) is 0 Å². The Kier molecular flexibility index (Phi) is 4.00. The minimum absolute atomic E-state index is 0.587. The first-order valence-electron chi connectivity index (χ1n) is 12.3. The van der Waals surface area contributed by atoms with Crippen molar-refractivity contribution in [1.82, 2.24) is 0 Å². The van der Waals surface area contributed by atoms with Gasteiger partial charge in [-0.15, -0.1) is 0 Å². The Labute approximate surface area is 163 Å². The normalized spacial score (nSPS) is 56.8.